The molecule has 1 N–H and O–H groups in total. The first-order valence-corrected chi connectivity index (χ1v) is 12.2. The zero-order valence-electron chi connectivity index (χ0n) is 19.9. The summed E-state index contributed by atoms with van der Waals surface area (Å²) in [6.45, 7) is 6.44. The standard InChI is InChI=1S/C27H29N5O3/c1-3-15-30-25(34)22-14-13-20(24(33)28-21-7-5-6-8-21)16-23(22)32-26(30)29-31(27(32)35)17-19-11-9-18(4-2)10-12-19/h4,9-14,16,21H,2-3,5-8,15,17H2,1H3,(H,28,33). The van der Waals surface area contributed by atoms with Gasteiger partial charge in [0.1, 0.15) is 0 Å². The van der Waals surface area contributed by atoms with E-state index in [-0.39, 0.29) is 35.5 Å². The number of benzene rings is 2. The van der Waals surface area contributed by atoms with Gasteiger partial charge >= 0.3 is 5.69 Å². The van der Waals surface area contributed by atoms with Crippen molar-refractivity contribution in [3.8, 4) is 0 Å². The van der Waals surface area contributed by atoms with Crippen molar-refractivity contribution in [3.05, 3.63) is 86.6 Å². The molecule has 1 saturated carbocycles. The topological polar surface area (TPSA) is 90.4 Å². The molecule has 0 aliphatic heterocycles. The van der Waals surface area contributed by atoms with Gasteiger partial charge < -0.3 is 5.32 Å². The summed E-state index contributed by atoms with van der Waals surface area (Å²) in [5.74, 6) is 0.0952. The van der Waals surface area contributed by atoms with Crippen molar-refractivity contribution >= 4 is 28.7 Å². The molecule has 0 spiro atoms. The van der Waals surface area contributed by atoms with Gasteiger partial charge in [-0.05, 0) is 48.6 Å². The smallest absolute Gasteiger partial charge is 0.349 e. The van der Waals surface area contributed by atoms with Crippen LogP contribution >= 0.6 is 0 Å². The first-order chi connectivity index (χ1) is 17.0. The number of nitrogens with one attached hydrogen (secondary N) is 1. The average molecular weight is 472 g/mol. The van der Waals surface area contributed by atoms with E-state index in [4.69, 9.17) is 0 Å². The second kappa shape index (κ2) is 9.37. The van der Waals surface area contributed by atoms with Crippen LogP contribution in [0.4, 0.5) is 0 Å². The van der Waals surface area contributed by atoms with Gasteiger partial charge in [0.05, 0.1) is 17.4 Å². The maximum Gasteiger partial charge on any atom is 0.352 e. The van der Waals surface area contributed by atoms with Crippen LogP contribution in [-0.4, -0.2) is 30.7 Å². The summed E-state index contributed by atoms with van der Waals surface area (Å²) in [5.41, 5.74) is 2.15. The van der Waals surface area contributed by atoms with Gasteiger partial charge in [-0.15, -0.1) is 5.10 Å². The summed E-state index contributed by atoms with van der Waals surface area (Å²) in [7, 11) is 0. The monoisotopic (exact) mass is 471 g/mol. The number of nitrogens with zero attached hydrogens (tertiary/aromatic N) is 4. The van der Waals surface area contributed by atoms with Crippen LogP contribution in [0.3, 0.4) is 0 Å². The fraction of sp³-hybridized carbons (Fsp3) is 0.333. The average Bonchev–Trinajstić information content (AvgIpc) is 3.50. The molecule has 0 radical (unpaired) electrons. The van der Waals surface area contributed by atoms with Crippen LogP contribution in [0, 0.1) is 0 Å². The normalized spacial score (nSPS) is 14.1. The minimum absolute atomic E-state index is 0.175. The largest absolute Gasteiger partial charge is 0.352 e. The lowest BCUT2D eigenvalue weighted by molar-refractivity contribution is 0.0938. The highest BCUT2D eigenvalue weighted by atomic mass is 16.2. The maximum absolute atomic E-state index is 13.5. The summed E-state index contributed by atoms with van der Waals surface area (Å²) >= 11 is 0. The van der Waals surface area contributed by atoms with E-state index >= 15 is 0 Å². The number of aromatic nitrogens is 4. The fourth-order valence-electron chi connectivity index (χ4n) is 4.86. The van der Waals surface area contributed by atoms with Crippen LogP contribution in [0.1, 0.15) is 60.5 Å². The van der Waals surface area contributed by atoms with Crippen LogP contribution in [-0.2, 0) is 13.1 Å². The van der Waals surface area contributed by atoms with Crippen LogP contribution in [0.5, 0.6) is 0 Å². The van der Waals surface area contributed by atoms with Gasteiger partial charge in [0.25, 0.3) is 11.5 Å². The third kappa shape index (κ3) is 4.20. The summed E-state index contributed by atoms with van der Waals surface area (Å²) in [5, 5.41) is 8.01. The summed E-state index contributed by atoms with van der Waals surface area (Å²) in [6.07, 6.45) is 6.66. The number of rotatable bonds is 7. The molecule has 1 amide bonds. The molecule has 0 unspecified atom stereocenters. The Labute approximate surface area is 202 Å². The number of hydrogen-bond acceptors (Lipinski definition) is 4. The molecule has 8 heteroatoms. The molecule has 35 heavy (non-hydrogen) atoms. The first kappa shape index (κ1) is 22.8. The molecule has 2 heterocycles. The minimum Gasteiger partial charge on any atom is -0.349 e. The Morgan fingerprint density at radius 3 is 2.57 bits per heavy atom. The Morgan fingerprint density at radius 1 is 1.14 bits per heavy atom. The Bertz CT molecular complexity index is 1540. The number of carbonyl (C=O) groups excluding carboxylic acids is 1. The Hall–Kier alpha value is -3.94. The molecule has 8 nitrogen and oxygen atoms in total. The van der Waals surface area contributed by atoms with Gasteiger partial charge in [0, 0.05) is 18.2 Å². The third-order valence-corrected chi connectivity index (χ3v) is 6.73. The van der Waals surface area contributed by atoms with Gasteiger partial charge in [-0.2, -0.15) is 0 Å². The molecule has 1 aliphatic rings. The van der Waals surface area contributed by atoms with Gasteiger partial charge in [-0.25, -0.2) is 13.9 Å². The highest BCUT2D eigenvalue weighted by Gasteiger charge is 2.21. The lowest BCUT2D eigenvalue weighted by Gasteiger charge is -2.13. The molecule has 5 rings (SSSR count). The van der Waals surface area contributed by atoms with E-state index in [1.807, 2.05) is 31.2 Å². The number of hydrogen-bond donors (Lipinski definition) is 1. The molecule has 0 saturated heterocycles. The maximum atomic E-state index is 13.5. The zero-order valence-corrected chi connectivity index (χ0v) is 19.9. The number of carbonyl (C=O) groups is 1. The lowest BCUT2D eigenvalue weighted by Crippen LogP contribution is -2.32. The highest BCUT2D eigenvalue weighted by molar-refractivity contribution is 5.98. The fourth-order valence-corrected chi connectivity index (χ4v) is 4.86. The van der Waals surface area contributed by atoms with Crippen molar-refractivity contribution in [3.63, 3.8) is 0 Å². The molecule has 0 atom stereocenters. The molecule has 1 aliphatic carbocycles. The van der Waals surface area contributed by atoms with Gasteiger partial charge in [0.15, 0.2) is 0 Å². The van der Waals surface area contributed by atoms with E-state index < -0.39 is 0 Å². The molecule has 2 aromatic heterocycles. The predicted molar refractivity (Wildman–Crippen MR) is 137 cm³/mol. The van der Waals surface area contributed by atoms with Crippen LogP contribution in [0.2, 0.25) is 0 Å². The van der Waals surface area contributed by atoms with Crippen LogP contribution in [0.15, 0.2) is 58.6 Å². The van der Waals surface area contributed by atoms with E-state index in [1.165, 1.54) is 9.08 Å². The summed E-state index contributed by atoms with van der Waals surface area (Å²) in [4.78, 5) is 39.8. The predicted octanol–water partition coefficient (Wildman–Crippen LogP) is 3.58. The van der Waals surface area contributed by atoms with Crippen molar-refractivity contribution in [1.82, 2.24) is 24.1 Å². The first-order valence-electron chi connectivity index (χ1n) is 12.2. The van der Waals surface area contributed by atoms with E-state index in [0.29, 0.717) is 29.4 Å². The number of fused-ring (bicyclic) bond motifs is 3. The molecular formula is C27H29N5O3. The van der Waals surface area contributed by atoms with E-state index in [9.17, 15) is 14.4 Å². The molecule has 1 fully saturated rings. The number of amides is 1. The second-order valence-electron chi connectivity index (χ2n) is 9.16. The van der Waals surface area contributed by atoms with Crippen molar-refractivity contribution in [2.24, 2.45) is 0 Å². The van der Waals surface area contributed by atoms with Crippen molar-refractivity contribution in [2.45, 2.75) is 58.2 Å². The SMILES string of the molecule is C=Cc1ccc(Cn2nc3n(CCC)c(=O)c4ccc(C(=O)NC5CCCC5)cc4n3c2=O)cc1. The zero-order chi connectivity index (χ0) is 24.5. The second-order valence-corrected chi connectivity index (χ2v) is 9.16. The molecule has 4 aromatic rings. The number of aryl methyl sites for hydroxylation is 1. The van der Waals surface area contributed by atoms with Crippen molar-refractivity contribution < 1.29 is 4.79 Å². The quantitative estimate of drug-likeness (QED) is 0.446. The van der Waals surface area contributed by atoms with Crippen molar-refractivity contribution in [1.29, 1.82) is 0 Å². The van der Waals surface area contributed by atoms with Crippen LogP contribution in [0.25, 0.3) is 22.8 Å². The summed E-state index contributed by atoms with van der Waals surface area (Å²) in [6, 6.07) is 12.8. The van der Waals surface area contributed by atoms with Gasteiger partial charge in [-0.3, -0.25) is 14.2 Å². The molecular weight excluding hydrogens is 442 g/mol. The molecule has 0 bridgehead atoms. The third-order valence-electron chi connectivity index (χ3n) is 6.73. The van der Waals surface area contributed by atoms with Crippen molar-refractivity contribution in [2.75, 3.05) is 0 Å². The van der Waals surface area contributed by atoms with Gasteiger partial charge in [-0.1, -0.05) is 56.7 Å². The molecule has 2 aromatic carbocycles. The molecule has 180 valence electrons. The Balaban J connectivity index is 1.64. The Kier molecular flexibility index (Phi) is 6.11. The van der Waals surface area contributed by atoms with E-state index in [0.717, 1.165) is 36.8 Å². The van der Waals surface area contributed by atoms with Gasteiger partial charge in [0.2, 0.25) is 5.78 Å². The van der Waals surface area contributed by atoms with E-state index in [2.05, 4.69) is 17.0 Å². The summed E-state index contributed by atoms with van der Waals surface area (Å²) < 4.78 is 4.37. The lowest BCUT2D eigenvalue weighted by atomic mass is 10.1. The van der Waals surface area contributed by atoms with E-state index in [1.54, 1.807) is 28.8 Å². The minimum atomic E-state index is -0.351. The van der Waals surface area contributed by atoms with Crippen LogP contribution < -0.4 is 16.6 Å². The Morgan fingerprint density at radius 2 is 1.89 bits per heavy atom. The highest BCUT2D eigenvalue weighted by Crippen LogP contribution is 2.19.